The second-order valence-electron chi connectivity index (χ2n) is 5.17. The van der Waals surface area contributed by atoms with Crippen molar-refractivity contribution in [3.63, 3.8) is 0 Å². The molecule has 1 amide bonds. The van der Waals surface area contributed by atoms with Gasteiger partial charge in [0.1, 0.15) is 6.04 Å². The molecular formula is C16H19N3O2. The normalized spacial score (nSPS) is 12.0. The molecule has 2 aromatic rings. The summed E-state index contributed by atoms with van der Waals surface area (Å²) < 4.78 is 1.40. The maximum atomic E-state index is 12.4. The summed E-state index contributed by atoms with van der Waals surface area (Å²) >= 11 is 0. The summed E-state index contributed by atoms with van der Waals surface area (Å²) in [5.41, 5.74) is 2.70. The van der Waals surface area contributed by atoms with Crippen LogP contribution in [0.1, 0.15) is 29.9 Å². The van der Waals surface area contributed by atoms with E-state index in [9.17, 15) is 9.59 Å². The van der Waals surface area contributed by atoms with Crippen LogP contribution in [0.25, 0.3) is 0 Å². The van der Waals surface area contributed by atoms with Gasteiger partial charge in [-0.05, 0) is 45.4 Å². The van der Waals surface area contributed by atoms with Crippen molar-refractivity contribution in [3.05, 3.63) is 57.8 Å². The third-order valence-electron chi connectivity index (χ3n) is 3.45. The Morgan fingerprint density at radius 1 is 1.24 bits per heavy atom. The Hall–Kier alpha value is -2.43. The van der Waals surface area contributed by atoms with Crippen molar-refractivity contribution in [2.75, 3.05) is 5.32 Å². The number of anilines is 1. The number of para-hydroxylation sites is 1. The first-order valence-electron chi connectivity index (χ1n) is 6.83. The Morgan fingerprint density at radius 2 is 1.90 bits per heavy atom. The topological polar surface area (TPSA) is 64.0 Å². The molecule has 0 aliphatic rings. The highest BCUT2D eigenvalue weighted by Gasteiger charge is 2.19. The third kappa shape index (κ3) is 3.18. The summed E-state index contributed by atoms with van der Waals surface area (Å²) in [6.07, 6.45) is 0. The Bertz CT molecular complexity index is 735. The van der Waals surface area contributed by atoms with E-state index in [2.05, 4.69) is 10.3 Å². The standard InChI is InChI=1S/C16H19N3O2/c1-10-7-5-6-8-14(10)18-15(20)13(4)19-12(3)9-11(2)17-16(19)21/h5-9,13H,1-4H3,(H,18,20). The molecule has 0 aliphatic carbocycles. The first kappa shape index (κ1) is 15.0. The lowest BCUT2D eigenvalue weighted by Gasteiger charge is -2.18. The van der Waals surface area contributed by atoms with Crippen LogP contribution in [0.3, 0.4) is 0 Å². The summed E-state index contributed by atoms with van der Waals surface area (Å²) in [6, 6.07) is 8.70. The van der Waals surface area contributed by atoms with E-state index in [1.54, 1.807) is 26.8 Å². The molecule has 0 bridgehead atoms. The first-order valence-corrected chi connectivity index (χ1v) is 6.83. The molecule has 1 aromatic carbocycles. The van der Waals surface area contributed by atoms with Gasteiger partial charge in [-0.2, -0.15) is 4.98 Å². The van der Waals surface area contributed by atoms with Gasteiger partial charge in [-0.1, -0.05) is 18.2 Å². The summed E-state index contributed by atoms with van der Waals surface area (Å²) in [5.74, 6) is -0.236. The van der Waals surface area contributed by atoms with E-state index in [1.165, 1.54) is 4.57 Å². The number of benzene rings is 1. The smallest absolute Gasteiger partial charge is 0.324 e. The fraction of sp³-hybridized carbons (Fsp3) is 0.312. The van der Waals surface area contributed by atoms with E-state index in [0.717, 1.165) is 16.9 Å². The van der Waals surface area contributed by atoms with Gasteiger partial charge in [0.05, 0.1) is 0 Å². The first-order chi connectivity index (χ1) is 9.90. The van der Waals surface area contributed by atoms with Gasteiger partial charge < -0.3 is 5.32 Å². The molecule has 1 N–H and O–H groups in total. The van der Waals surface area contributed by atoms with Gasteiger partial charge in [0, 0.05) is 17.1 Å². The van der Waals surface area contributed by atoms with E-state index in [4.69, 9.17) is 0 Å². The SMILES string of the molecule is Cc1cc(C)n(C(C)C(=O)Nc2ccccc2C)c(=O)n1. The number of hydrogen-bond donors (Lipinski definition) is 1. The second-order valence-corrected chi connectivity index (χ2v) is 5.17. The molecule has 0 saturated heterocycles. The lowest BCUT2D eigenvalue weighted by atomic mass is 10.2. The maximum Gasteiger partial charge on any atom is 0.348 e. The molecule has 0 aliphatic heterocycles. The van der Waals surface area contributed by atoms with Crippen LogP contribution in [0.2, 0.25) is 0 Å². The minimum atomic E-state index is -0.620. The summed E-state index contributed by atoms with van der Waals surface area (Å²) in [5, 5.41) is 2.85. The van der Waals surface area contributed by atoms with Crippen molar-refractivity contribution in [2.45, 2.75) is 33.7 Å². The van der Waals surface area contributed by atoms with Crippen LogP contribution in [-0.4, -0.2) is 15.5 Å². The zero-order valence-electron chi connectivity index (χ0n) is 12.7. The largest absolute Gasteiger partial charge is 0.348 e. The molecule has 2 rings (SSSR count). The van der Waals surface area contributed by atoms with Crippen LogP contribution in [0.4, 0.5) is 5.69 Å². The molecule has 1 atom stereocenters. The minimum Gasteiger partial charge on any atom is -0.324 e. The van der Waals surface area contributed by atoms with Gasteiger partial charge in [-0.15, -0.1) is 0 Å². The Morgan fingerprint density at radius 3 is 2.52 bits per heavy atom. The van der Waals surface area contributed by atoms with Gasteiger partial charge >= 0.3 is 5.69 Å². The highest BCUT2D eigenvalue weighted by molar-refractivity contribution is 5.94. The Labute approximate surface area is 123 Å². The highest BCUT2D eigenvalue weighted by atomic mass is 16.2. The number of aryl methyl sites for hydroxylation is 3. The zero-order valence-corrected chi connectivity index (χ0v) is 12.7. The Balaban J connectivity index is 2.29. The number of rotatable bonds is 3. The van der Waals surface area contributed by atoms with Crippen molar-refractivity contribution >= 4 is 11.6 Å². The van der Waals surface area contributed by atoms with Crippen LogP contribution in [-0.2, 0) is 4.79 Å². The predicted molar refractivity (Wildman–Crippen MR) is 82.5 cm³/mol. The second kappa shape index (κ2) is 5.91. The summed E-state index contributed by atoms with van der Waals surface area (Å²) in [4.78, 5) is 28.2. The molecule has 21 heavy (non-hydrogen) atoms. The fourth-order valence-corrected chi connectivity index (χ4v) is 2.30. The molecule has 5 heteroatoms. The van der Waals surface area contributed by atoms with Crippen LogP contribution >= 0.6 is 0 Å². The fourth-order valence-electron chi connectivity index (χ4n) is 2.30. The van der Waals surface area contributed by atoms with Crippen molar-refractivity contribution in [2.24, 2.45) is 0 Å². The number of nitrogens with one attached hydrogen (secondary N) is 1. The van der Waals surface area contributed by atoms with Crippen molar-refractivity contribution in [3.8, 4) is 0 Å². The van der Waals surface area contributed by atoms with Crippen LogP contribution in [0.15, 0.2) is 35.1 Å². The lowest BCUT2D eigenvalue weighted by Crippen LogP contribution is -2.34. The van der Waals surface area contributed by atoms with E-state index in [-0.39, 0.29) is 5.91 Å². The number of aromatic nitrogens is 2. The van der Waals surface area contributed by atoms with Gasteiger partial charge in [0.15, 0.2) is 0 Å². The average molecular weight is 285 g/mol. The highest BCUT2D eigenvalue weighted by Crippen LogP contribution is 2.16. The number of nitrogens with zero attached hydrogens (tertiary/aromatic N) is 2. The van der Waals surface area contributed by atoms with E-state index in [0.29, 0.717) is 5.69 Å². The molecule has 1 unspecified atom stereocenters. The van der Waals surface area contributed by atoms with Crippen LogP contribution < -0.4 is 11.0 Å². The number of amides is 1. The number of hydrogen-bond acceptors (Lipinski definition) is 3. The quantitative estimate of drug-likeness (QED) is 0.941. The van der Waals surface area contributed by atoms with Crippen LogP contribution in [0, 0.1) is 20.8 Å². The summed E-state index contributed by atoms with van der Waals surface area (Å²) in [6.45, 7) is 7.18. The van der Waals surface area contributed by atoms with Gasteiger partial charge in [-0.25, -0.2) is 4.79 Å². The van der Waals surface area contributed by atoms with Crippen molar-refractivity contribution < 1.29 is 4.79 Å². The molecule has 0 fully saturated rings. The molecular weight excluding hydrogens is 266 g/mol. The molecule has 0 spiro atoms. The average Bonchev–Trinajstić information content (AvgIpc) is 2.40. The van der Waals surface area contributed by atoms with E-state index >= 15 is 0 Å². The van der Waals surface area contributed by atoms with Crippen molar-refractivity contribution in [1.29, 1.82) is 0 Å². The van der Waals surface area contributed by atoms with E-state index in [1.807, 2.05) is 31.2 Å². The van der Waals surface area contributed by atoms with E-state index < -0.39 is 11.7 Å². The molecule has 0 saturated carbocycles. The van der Waals surface area contributed by atoms with Gasteiger partial charge in [-0.3, -0.25) is 9.36 Å². The zero-order chi connectivity index (χ0) is 15.6. The summed E-state index contributed by atoms with van der Waals surface area (Å²) in [7, 11) is 0. The predicted octanol–water partition coefficient (Wildman–Crippen LogP) is 2.37. The monoisotopic (exact) mass is 285 g/mol. The molecule has 0 radical (unpaired) electrons. The lowest BCUT2D eigenvalue weighted by molar-refractivity contribution is -0.118. The third-order valence-corrected chi connectivity index (χ3v) is 3.45. The van der Waals surface area contributed by atoms with Gasteiger partial charge in [0.2, 0.25) is 5.91 Å². The molecule has 5 nitrogen and oxygen atoms in total. The van der Waals surface area contributed by atoms with Gasteiger partial charge in [0.25, 0.3) is 0 Å². The number of carbonyl (C=O) groups excluding carboxylic acids is 1. The minimum absolute atomic E-state index is 0.236. The van der Waals surface area contributed by atoms with Crippen LogP contribution in [0.5, 0.6) is 0 Å². The Kier molecular flexibility index (Phi) is 4.21. The van der Waals surface area contributed by atoms with Crippen molar-refractivity contribution in [1.82, 2.24) is 9.55 Å². The molecule has 1 aromatic heterocycles. The number of carbonyl (C=O) groups is 1. The molecule has 1 heterocycles. The molecule has 110 valence electrons. The maximum absolute atomic E-state index is 12.4.